The zero-order valence-electron chi connectivity index (χ0n) is 15.3. The van der Waals surface area contributed by atoms with Gasteiger partial charge in [0, 0.05) is 16.9 Å². The fraction of sp³-hybridized carbons (Fsp3) is 0.273. The van der Waals surface area contributed by atoms with E-state index in [1.165, 1.54) is 17.7 Å². The summed E-state index contributed by atoms with van der Waals surface area (Å²) in [6, 6.07) is 18.4. The van der Waals surface area contributed by atoms with Crippen LogP contribution < -0.4 is 17.3 Å². The van der Waals surface area contributed by atoms with Gasteiger partial charge in [-0.15, -0.1) is 0 Å². The van der Waals surface area contributed by atoms with E-state index in [4.69, 9.17) is 14.4 Å². The molecule has 1 N–H and O–H groups in total. The first-order valence-electron chi connectivity index (χ1n) is 9.39. The van der Waals surface area contributed by atoms with Crippen LogP contribution in [0.3, 0.4) is 0 Å². The van der Waals surface area contributed by atoms with Gasteiger partial charge in [0.25, 0.3) is 5.82 Å². The normalized spacial score (nSPS) is 19.9. The summed E-state index contributed by atoms with van der Waals surface area (Å²) >= 11 is 0. The van der Waals surface area contributed by atoms with Crippen molar-refractivity contribution >= 4 is 27.9 Å². The van der Waals surface area contributed by atoms with Crippen molar-refractivity contribution in [3.63, 3.8) is 0 Å². The fourth-order valence-corrected chi connectivity index (χ4v) is 4.05. The van der Waals surface area contributed by atoms with Gasteiger partial charge in [-0.25, -0.2) is 4.98 Å². The fourth-order valence-electron chi connectivity index (χ4n) is 4.05. The molecule has 5 heteroatoms. The third-order valence-corrected chi connectivity index (χ3v) is 5.36. The van der Waals surface area contributed by atoms with Crippen LogP contribution in [-0.4, -0.2) is 23.1 Å². The topological polar surface area (TPSA) is 43.4 Å². The van der Waals surface area contributed by atoms with Crippen molar-refractivity contribution in [2.24, 2.45) is 5.92 Å². The second-order valence-electron chi connectivity index (χ2n) is 7.34. The average Bonchev–Trinajstić information content (AvgIpc) is 3.06. The Kier molecular flexibility index (Phi) is 4.85. The molecule has 0 bridgehead atoms. The quantitative estimate of drug-likeness (QED) is 0.565. The van der Waals surface area contributed by atoms with Crippen LogP contribution in [0.1, 0.15) is 19.8 Å². The maximum Gasteiger partial charge on any atom is 0.273 e. The predicted molar refractivity (Wildman–Crippen MR) is 104 cm³/mol. The molecule has 2 aromatic heterocycles. The molecule has 1 saturated heterocycles. The minimum Gasteiger partial charge on any atom is -1.00 e. The van der Waals surface area contributed by atoms with Crippen molar-refractivity contribution in [3.8, 4) is 11.4 Å². The molecule has 0 aliphatic carbocycles. The molecule has 2 unspecified atom stereocenters. The van der Waals surface area contributed by atoms with Gasteiger partial charge in [0.05, 0.1) is 13.1 Å². The summed E-state index contributed by atoms with van der Waals surface area (Å²) in [5, 5.41) is 1.06. The molecule has 138 valence electrons. The van der Waals surface area contributed by atoms with E-state index in [0.29, 0.717) is 5.92 Å². The third-order valence-electron chi connectivity index (χ3n) is 5.36. The molecule has 1 aliphatic rings. The highest BCUT2D eigenvalue weighted by Gasteiger charge is 2.28. The number of hydrogen-bond acceptors (Lipinski definition) is 3. The highest BCUT2D eigenvalue weighted by Crippen LogP contribution is 2.32. The Balaban J connectivity index is 0.00000180. The molecule has 1 aliphatic heterocycles. The van der Waals surface area contributed by atoms with Crippen LogP contribution in [0.5, 0.6) is 0 Å². The molecule has 3 heterocycles. The van der Waals surface area contributed by atoms with Gasteiger partial charge in [-0.3, -0.25) is 4.90 Å². The van der Waals surface area contributed by atoms with E-state index in [2.05, 4.69) is 25.1 Å². The lowest BCUT2D eigenvalue weighted by Gasteiger charge is -2.26. The first kappa shape index (κ1) is 18.0. The monoisotopic (exact) mass is 379 g/mol. The first-order valence-corrected chi connectivity index (χ1v) is 9.39. The van der Waals surface area contributed by atoms with Crippen molar-refractivity contribution in [1.29, 1.82) is 0 Å². The molecule has 0 radical (unpaired) electrons. The molecular formula is C22H22ClN3O. The Morgan fingerprint density at radius 3 is 2.59 bits per heavy atom. The van der Waals surface area contributed by atoms with E-state index in [9.17, 15) is 0 Å². The number of aromatic nitrogens is 2. The van der Waals surface area contributed by atoms with Gasteiger partial charge >= 0.3 is 0 Å². The van der Waals surface area contributed by atoms with E-state index in [1.54, 1.807) is 0 Å². The van der Waals surface area contributed by atoms with Crippen molar-refractivity contribution in [2.75, 3.05) is 13.1 Å². The summed E-state index contributed by atoms with van der Waals surface area (Å²) in [4.78, 5) is 11.3. The van der Waals surface area contributed by atoms with Crippen molar-refractivity contribution < 1.29 is 21.7 Å². The number of halogens is 1. The van der Waals surface area contributed by atoms with Crippen molar-refractivity contribution in [2.45, 2.75) is 19.8 Å². The third kappa shape index (κ3) is 3.20. The molecule has 0 saturated carbocycles. The molecule has 4 aromatic rings. The van der Waals surface area contributed by atoms with Crippen molar-refractivity contribution in [3.05, 3.63) is 54.6 Å². The Labute approximate surface area is 164 Å². The van der Waals surface area contributed by atoms with Crippen molar-refractivity contribution in [1.82, 2.24) is 9.97 Å². The highest BCUT2D eigenvalue weighted by molar-refractivity contribution is 6.05. The summed E-state index contributed by atoms with van der Waals surface area (Å²) in [5.74, 6) is 2.50. The standard InChI is InChI=1S/C22H21N3O.ClH/c1-15-8-7-13-25(14-15)22-20-19(17-11-5-6-12-18(17)26-20)23-21(24-22)16-9-3-2-4-10-16;/h2-6,9-12,15H,7-8,13-14H2,1H3;1H. The lowest BCUT2D eigenvalue weighted by atomic mass is 10.0. The minimum absolute atomic E-state index is 0. The highest BCUT2D eigenvalue weighted by atomic mass is 35.5. The maximum atomic E-state index is 6.22. The molecular weight excluding hydrogens is 358 g/mol. The van der Waals surface area contributed by atoms with Gasteiger partial charge in [-0.2, -0.15) is 4.98 Å². The van der Waals surface area contributed by atoms with Gasteiger partial charge in [-0.1, -0.05) is 49.4 Å². The Bertz CT molecular complexity index is 1080. The molecule has 2 aromatic carbocycles. The van der Waals surface area contributed by atoms with Crippen LogP contribution in [0.4, 0.5) is 5.82 Å². The van der Waals surface area contributed by atoms with E-state index in [0.717, 1.165) is 52.4 Å². The van der Waals surface area contributed by atoms with Crippen LogP contribution in [0.25, 0.3) is 33.5 Å². The number of nitrogens with one attached hydrogen (secondary N) is 1. The van der Waals surface area contributed by atoms with E-state index in [1.807, 2.05) is 36.4 Å². The molecule has 4 nitrogen and oxygen atoms in total. The lowest BCUT2D eigenvalue weighted by molar-refractivity contribution is -0.844. The Morgan fingerprint density at radius 2 is 1.78 bits per heavy atom. The van der Waals surface area contributed by atoms with Crippen LogP contribution in [0.2, 0.25) is 0 Å². The molecule has 0 spiro atoms. The summed E-state index contributed by atoms with van der Waals surface area (Å²) < 4.78 is 6.22. The van der Waals surface area contributed by atoms with E-state index < -0.39 is 0 Å². The number of furan rings is 1. The minimum atomic E-state index is 0. The van der Waals surface area contributed by atoms with E-state index in [-0.39, 0.29) is 12.4 Å². The summed E-state index contributed by atoms with van der Waals surface area (Å²) in [5.41, 5.74) is 3.70. The number of nitrogens with zero attached hydrogens (tertiary/aromatic N) is 2. The lowest BCUT2D eigenvalue weighted by Crippen LogP contribution is -3.09. The molecule has 5 rings (SSSR count). The zero-order valence-corrected chi connectivity index (χ0v) is 16.0. The number of benzene rings is 2. The van der Waals surface area contributed by atoms with Crippen LogP contribution in [-0.2, 0) is 0 Å². The van der Waals surface area contributed by atoms with Crippen LogP contribution in [0, 0.1) is 5.92 Å². The number of fused-ring (bicyclic) bond motifs is 3. The largest absolute Gasteiger partial charge is 1.00 e. The van der Waals surface area contributed by atoms with Gasteiger partial charge in [0.15, 0.2) is 5.82 Å². The Morgan fingerprint density at radius 1 is 1.00 bits per heavy atom. The molecule has 1 fully saturated rings. The summed E-state index contributed by atoms with van der Waals surface area (Å²) in [7, 11) is 0. The Hall–Kier alpha value is -2.43. The molecule has 2 atom stereocenters. The maximum absolute atomic E-state index is 6.22. The second-order valence-corrected chi connectivity index (χ2v) is 7.34. The number of quaternary nitrogens is 1. The smallest absolute Gasteiger partial charge is 0.273 e. The second kappa shape index (κ2) is 7.29. The summed E-state index contributed by atoms with van der Waals surface area (Å²) in [6.45, 7) is 4.52. The number of para-hydroxylation sites is 1. The zero-order chi connectivity index (χ0) is 17.5. The number of rotatable bonds is 2. The average molecular weight is 380 g/mol. The van der Waals surface area contributed by atoms with Gasteiger partial charge in [0.1, 0.15) is 11.1 Å². The first-order chi connectivity index (χ1) is 12.8. The van der Waals surface area contributed by atoms with Gasteiger partial charge < -0.3 is 16.8 Å². The van der Waals surface area contributed by atoms with Crippen LogP contribution in [0.15, 0.2) is 59.0 Å². The predicted octanol–water partition coefficient (Wildman–Crippen LogP) is 0.993. The summed E-state index contributed by atoms with van der Waals surface area (Å²) in [6.07, 6.45) is 2.52. The van der Waals surface area contributed by atoms with E-state index >= 15 is 0 Å². The SMILES string of the molecule is CC1CCC[NH+](c2nc(-c3ccccc3)nc3c2oc2ccccc23)C1.[Cl-]. The van der Waals surface area contributed by atoms with Gasteiger partial charge in [-0.05, 0) is 25.0 Å². The number of hydrogen-bond donors (Lipinski definition) is 1. The van der Waals surface area contributed by atoms with Gasteiger partial charge in [0.2, 0.25) is 5.58 Å². The molecule has 0 amide bonds. The number of piperidine rings is 1. The van der Waals surface area contributed by atoms with Crippen LogP contribution >= 0.6 is 0 Å². The molecule has 27 heavy (non-hydrogen) atoms.